The molecular formula is C37H31NO4S. The van der Waals surface area contributed by atoms with Gasteiger partial charge in [0.2, 0.25) is 0 Å². The number of benzene rings is 5. The maximum absolute atomic E-state index is 13.5. The largest absolute Gasteiger partial charge is 0.490 e. The van der Waals surface area contributed by atoms with E-state index in [1.807, 2.05) is 85.8 Å². The Kier molecular flexibility index (Phi) is 8.29. The molecule has 0 unspecified atom stereocenters. The second-order valence-corrected chi connectivity index (χ2v) is 11.3. The van der Waals surface area contributed by atoms with Gasteiger partial charge in [-0.1, -0.05) is 91.0 Å². The van der Waals surface area contributed by atoms with Crippen LogP contribution in [0.4, 0.5) is 4.79 Å². The Morgan fingerprint density at radius 1 is 0.791 bits per heavy atom. The molecule has 214 valence electrons. The Balaban J connectivity index is 1.29. The molecule has 0 saturated carbocycles. The third-order valence-electron chi connectivity index (χ3n) is 7.45. The number of hydrogen-bond acceptors (Lipinski definition) is 5. The zero-order valence-electron chi connectivity index (χ0n) is 23.9. The molecule has 0 radical (unpaired) electrons. The average molecular weight is 586 g/mol. The number of allylic oxidation sites excluding steroid dienone is 1. The van der Waals surface area contributed by atoms with E-state index in [4.69, 9.17) is 9.47 Å². The summed E-state index contributed by atoms with van der Waals surface area (Å²) in [5.74, 6) is 0.932. The first-order chi connectivity index (χ1) is 21.1. The summed E-state index contributed by atoms with van der Waals surface area (Å²) in [5.41, 5.74) is 3.66. The normalized spacial score (nSPS) is 14.2. The van der Waals surface area contributed by atoms with E-state index in [0.717, 1.165) is 55.6 Å². The molecule has 5 aromatic carbocycles. The topological polar surface area (TPSA) is 55.8 Å². The molecule has 43 heavy (non-hydrogen) atoms. The molecule has 6 rings (SSSR count). The Morgan fingerprint density at radius 2 is 1.44 bits per heavy atom. The molecule has 0 spiro atoms. The lowest BCUT2D eigenvalue weighted by molar-refractivity contribution is -0.123. The van der Waals surface area contributed by atoms with Crippen molar-refractivity contribution < 1.29 is 19.1 Å². The predicted molar refractivity (Wildman–Crippen MR) is 175 cm³/mol. The highest BCUT2D eigenvalue weighted by molar-refractivity contribution is 8.18. The van der Waals surface area contributed by atoms with Crippen molar-refractivity contribution in [1.82, 2.24) is 4.90 Å². The fraction of sp³-hybridized carbons (Fsp3) is 0.135. The minimum Gasteiger partial charge on any atom is -0.490 e. The second-order valence-electron chi connectivity index (χ2n) is 10.3. The van der Waals surface area contributed by atoms with Crippen molar-refractivity contribution in [1.29, 1.82) is 0 Å². The predicted octanol–water partition coefficient (Wildman–Crippen LogP) is 8.94. The Hall–Kier alpha value is -4.81. The summed E-state index contributed by atoms with van der Waals surface area (Å²) >= 11 is 0.959. The van der Waals surface area contributed by atoms with E-state index in [2.05, 4.69) is 30.8 Å². The summed E-state index contributed by atoms with van der Waals surface area (Å²) in [6, 6.07) is 32.2. The van der Waals surface area contributed by atoms with Gasteiger partial charge in [0.15, 0.2) is 11.5 Å². The van der Waals surface area contributed by atoms with Gasteiger partial charge >= 0.3 is 0 Å². The molecule has 1 heterocycles. The van der Waals surface area contributed by atoms with Gasteiger partial charge in [0.1, 0.15) is 6.61 Å². The van der Waals surface area contributed by atoms with Crippen molar-refractivity contribution >= 4 is 50.5 Å². The van der Waals surface area contributed by atoms with Gasteiger partial charge in [-0.3, -0.25) is 14.5 Å². The van der Waals surface area contributed by atoms with Gasteiger partial charge in [-0.2, -0.15) is 0 Å². The van der Waals surface area contributed by atoms with Gasteiger partial charge in [-0.05, 0) is 81.6 Å². The van der Waals surface area contributed by atoms with Gasteiger partial charge in [-0.15, -0.1) is 6.58 Å². The van der Waals surface area contributed by atoms with Gasteiger partial charge < -0.3 is 9.47 Å². The molecule has 0 aromatic heterocycles. The number of thioether (sulfide) groups is 1. The van der Waals surface area contributed by atoms with Crippen LogP contribution in [-0.2, 0) is 24.4 Å². The average Bonchev–Trinajstić information content (AvgIpc) is 3.28. The lowest BCUT2D eigenvalue weighted by atomic mass is 10.0. The highest BCUT2D eigenvalue weighted by atomic mass is 32.2. The minimum atomic E-state index is -0.303. The van der Waals surface area contributed by atoms with Crippen LogP contribution in [0.3, 0.4) is 0 Å². The van der Waals surface area contributed by atoms with Crippen LogP contribution in [0.15, 0.2) is 115 Å². The number of hydrogen-bond donors (Lipinski definition) is 0. The Bertz CT molecular complexity index is 1880. The lowest BCUT2D eigenvalue weighted by Gasteiger charge is -2.18. The molecular weight excluding hydrogens is 554 g/mol. The number of imide groups is 1. The molecule has 5 aromatic rings. The van der Waals surface area contributed by atoms with Crippen LogP contribution in [-0.4, -0.2) is 22.7 Å². The molecule has 1 fully saturated rings. The Labute approximate surface area is 255 Å². The maximum Gasteiger partial charge on any atom is 0.293 e. The lowest BCUT2D eigenvalue weighted by Crippen LogP contribution is -2.27. The summed E-state index contributed by atoms with van der Waals surface area (Å²) in [5, 5.41) is 4.12. The van der Waals surface area contributed by atoms with Crippen molar-refractivity contribution in [3.63, 3.8) is 0 Å². The van der Waals surface area contributed by atoms with Crippen molar-refractivity contribution in [3.05, 3.63) is 137 Å². The molecule has 0 N–H and O–H groups in total. The van der Waals surface area contributed by atoms with Crippen LogP contribution in [0.1, 0.15) is 29.2 Å². The third-order valence-corrected chi connectivity index (χ3v) is 8.36. The second kappa shape index (κ2) is 12.6. The van der Waals surface area contributed by atoms with E-state index in [-0.39, 0.29) is 17.7 Å². The first-order valence-corrected chi connectivity index (χ1v) is 15.1. The molecule has 1 aliphatic heterocycles. The first-order valence-electron chi connectivity index (χ1n) is 14.3. The maximum atomic E-state index is 13.5. The van der Waals surface area contributed by atoms with E-state index in [1.165, 1.54) is 4.90 Å². The summed E-state index contributed by atoms with van der Waals surface area (Å²) < 4.78 is 12.5. The van der Waals surface area contributed by atoms with E-state index < -0.39 is 0 Å². The first kappa shape index (κ1) is 28.3. The molecule has 2 amide bonds. The monoisotopic (exact) mass is 585 g/mol. The number of ether oxygens (including phenoxy) is 2. The van der Waals surface area contributed by atoms with Crippen LogP contribution < -0.4 is 9.47 Å². The molecule has 5 nitrogen and oxygen atoms in total. The smallest absolute Gasteiger partial charge is 0.293 e. The third kappa shape index (κ3) is 5.92. The van der Waals surface area contributed by atoms with Crippen LogP contribution in [0.25, 0.3) is 27.6 Å². The van der Waals surface area contributed by atoms with Crippen LogP contribution >= 0.6 is 11.8 Å². The summed E-state index contributed by atoms with van der Waals surface area (Å²) in [6.07, 6.45) is 4.13. The quantitative estimate of drug-likeness (QED) is 0.121. The highest BCUT2D eigenvalue weighted by Gasteiger charge is 2.35. The minimum absolute atomic E-state index is 0.218. The standard InChI is InChI=1S/C37H31NO4S/c1-3-11-28-20-25(21-33(41-4-2)35(28)42-24-30-17-10-15-27-13-6-8-19-32(27)30)22-34-36(39)38(37(40)43-34)23-29-16-9-14-26-12-5-7-18-31(26)29/h3,5-10,12-22H,1,4,11,23-24H2,2H3/b34-22+. The number of carbonyl (C=O) groups is 2. The summed E-state index contributed by atoms with van der Waals surface area (Å²) in [7, 11) is 0. The van der Waals surface area contributed by atoms with Crippen LogP contribution in [0, 0.1) is 0 Å². The van der Waals surface area contributed by atoms with Gasteiger partial charge in [0.25, 0.3) is 11.1 Å². The Morgan fingerprint density at radius 3 is 2.14 bits per heavy atom. The molecule has 1 aliphatic rings. The van der Waals surface area contributed by atoms with Crippen molar-refractivity contribution in [2.75, 3.05) is 6.61 Å². The van der Waals surface area contributed by atoms with E-state index in [0.29, 0.717) is 36.0 Å². The number of amides is 2. The van der Waals surface area contributed by atoms with Gasteiger partial charge in [0, 0.05) is 5.56 Å². The van der Waals surface area contributed by atoms with Crippen molar-refractivity contribution in [3.8, 4) is 11.5 Å². The molecule has 0 atom stereocenters. The zero-order valence-corrected chi connectivity index (χ0v) is 24.7. The molecule has 1 saturated heterocycles. The van der Waals surface area contributed by atoms with Gasteiger partial charge in [0.05, 0.1) is 18.1 Å². The summed E-state index contributed by atoms with van der Waals surface area (Å²) in [6.45, 7) is 6.90. The molecule has 0 bridgehead atoms. The fourth-order valence-electron chi connectivity index (χ4n) is 5.46. The van der Waals surface area contributed by atoms with E-state index in [9.17, 15) is 9.59 Å². The fourth-order valence-corrected chi connectivity index (χ4v) is 6.30. The number of rotatable bonds is 10. The van der Waals surface area contributed by atoms with Gasteiger partial charge in [-0.25, -0.2) is 0 Å². The zero-order chi connectivity index (χ0) is 29.8. The molecule has 6 heteroatoms. The summed E-state index contributed by atoms with van der Waals surface area (Å²) in [4.78, 5) is 28.2. The van der Waals surface area contributed by atoms with Crippen LogP contribution in [0.2, 0.25) is 0 Å². The van der Waals surface area contributed by atoms with Crippen molar-refractivity contribution in [2.45, 2.75) is 26.5 Å². The van der Waals surface area contributed by atoms with E-state index in [1.54, 1.807) is 6.08 Å². The molecule has 0 aliphatic carbocycles. The van der Waals surface area contributed by atoms with Crippen molar-refractivity contribution in [2.24, 2.45) is 0 Å². The number of nitrogens with zero attached hydrogens (tertiary/aromatic N) is 1. The van der Waals surface area contributed by atoms with Crippen LogP contribution in [0.5, 0.6) is 11.5 Å². The number of fused-ring (bicyclic) bond motifs is 2. The SMILES string of the molecule is C=CCc1cc(/C=C2/SC(=O)N(Cc3cccc4ccccc34)C2=O)cc(OCC)c1OCc1cccc2ccccc12. The highest BCUT2D eigenvalue weighted by Crippen LogP contribution is 2.39. The van der Waals surface area contributed by atoms with E-state index >= 15 is 0 Å². The number of carbonyl (C=O) groups excluding carboxylic acids is 2.